The van der Waals surface area contributed by atoms with Crippen molar-refractivity contribution in [3.05, 3.63) is 168 Å². The van der Waals surface area contributed by atoms with E-state index in [2.05, 4.69) is 52.4 Å². The molecule has 0 N–H and O–H groups in total. The minimum Gasteiger partial charge on any atom is -0.501 e. The van der Waals surface area contributed by atoms with Crippen LogP contribution in [0.5, 0.6) is 0 Å². The number of rotatable bonds is 4. The number of aromatic nitrogens is 2. The zero-order chi connectivity index (χ0) is 47.7. The molecule has 275 valence electrons. The van der Waals surface area contributed by atoms with Crippen LogP contribution in [0.2, 0.25) is 0 Å². The second-order valence-corrected chi connectivity index (χ2v) is 14.1. The normalized spacial score (nSPS) is 15.6. The summed E-state index contributed by atoms with van der Waals surface area (Å²) in [5.41, 5.74) is 1.72. The van der Waals surface area contributed by atoms with E-state index in [9.17, 15) is 4.39 Å². The molecular formula is C50H41FIrN2O-2. The Morgan fingerprint density at radius 2 is 1.58 bits per heavy atom. The first-order chi connectivity index (χ1) is 30.8. The van der Waals surface area contributed by atoms with Crippen LogP contribution in [-0.4, -0.2) is 9.97 Å². The third-order valence-electron chi connectivity index (χ3n) is 9.00. The summed E-state index contributed by atoms with van der Waals surface area (Å²) in [6.07, 6.45) is 0.513. The van der Waals surface area contributed by atoms with Crippen molar-refractivity contribution < 1.29 is 45.4 Å². The number of halogens is 1. The van der Waals surface area contributed by atoms with E-state index in [-0.39, 0.29) is 71.0 Å². The summed E-state index contributed by atoms with van der Waals surface area (Å²) in [6, 6.07) is 36.8. The Bertz CT molecular complexity index is 3300. The van der Waals surface area contributed by atoms with Gasteiger partial charge in [-0.25, -0.2) is 0 Å². The summed E-state index contributed by atoms with van der Waals surface area (Å²) >= 11 is 0. The number of nitrogens with zero attached hydrogens (tertiary/aromatic N) is 2. The van der Waals surface area contributed by atoms with Crippen molar-refractivity contribution in [2.75, 3.05) is 0 Å². The molecular weight excluding hydrogens is 856 g/mol. The predicted molar refractivity (Wildman–Crippen MR) is 222 cm³/mol. The molecule has 0 bridgehead atoms. The van der Waals surface area contributed by atoms with Gasteiger partial charge in [-0.1, -0.05) is 104 Å². The molecule has 6 aromatic carbocycles. The molecule has 0 saturated heterocycles. The Morgan fingerprint density at radius 3 is 2.35 bits per heavy atom. The molecule has 3 aromatic heterocycles. The van der Waals surface area contributed by atoms with Gasteiger partial charge in [0.1, 0.15) is 5.58 Å². The van der Waals surface area contributed by atoms with Gasteiger partial charge in [-0.05, 0) is 111 Å². The number of aryl methyl sites for hydroxylation is 3. The first-order valence-electron chi connectivity index (χ1n) is 23.3. The predicted octanol–water partition coefficient (Wildman–Crippen LogP) is 13.6. The Kier molecular flexibility index (Phi) is 7.13. The molecule has 5 heteroatoms. The van der Waals surface area contributed by atoms with Gasteiger partial charge < -0.3 is 14.4 Å². The van der Waals surface area contributed by atoms with Crippen LogP contribution in [0.1, 0.15) is 59.5 Å². The summed E-state index contributed by atoms with van der Waals surface area (Å²) in [6.45, 7) is -2.56. The molecule has 0 aliphatic carbocycles. The fourth-order valence-corrected chi connectivity index (χ4v) is 6.57. The van der Waals surface area contributed by atoms with Crippen LogP contribution in [0.3, 0.4) is 0 Å². The molecule has 0 aliphatic heterocycles. The smallest absolute Gasteiger partial charge is 0.121 e. The van der Waals surface area contributed by atoms with Gasteiger partial charge in [0, 0.05) is 58.8 Å². The summed E-state index contributed by atoms with van der Waals surface area (Å²) in [5, 5.41) is 5.98. The molecule has 3 nitrogen and oxygen atoms in total. The van der Waals surface area contributed by atoms with Gasteiger partial charge >= 0.3 is 0 Å². The van der Waals surface area contributed by atoms with Gasteiger partial charge in [-0.15, -0.1) is 48.0 Å². The van der Waals surface area contributed by atoms with Crippen LogP contribution in [0.15, 0.2) is 132 Å². The summed E-state index contributed by atoms with van der Waals surface area (Å²) < 4.78 is 117. The Hall–Kier alpha value is -5.48. The van der Waals surface area contributed by atoms with Gasteiger partial charge in [0.15, 0.2) is 0 Å². The molecule has 0 fully saturated rings. The van der Waals surface area contributed by atoms with E-state index >= 15 is 0 Å². The van der Waals surface area contributed by atoms with E-state index in [1.807, 2.05) is 24.3 Å². The van der Waals surface area contributed by atoms with Crippen LogP contribution in [0.4, 0.5) is 4.39 Å². The summed E-state index contributed by atoms with van der Waals surface area (Å²) in [7, 11) is 0. The average molecular weight is 909 g/mol. The average Bonchev–Trinajstić information content (AvgIpc) is 3.62. The van der Waals surface area contributed by atoms with Crippen LogP contribution in [0.25, 0.3) is 77.1 Å². The number of hydrogen-bond acceptors (Lipinski definition) is 3. The maximum Gasteiger partial charge on any atom is 0.121 e. The molecule has 9 rings (SSSR count). The molecule has 9 aromatic rings. The molecule has 0 spiro atoms. The third-order valence-corrected chi connectivity index (χ3v) is 9.00. The first kappa shape index (κ1) is 25.6. The van der Waals surface area contributed by atoms with Crippen molar-refractivity contribution in [3.63, 3.8) is 0 Å². The summed E-state index contributed by atoms with van der Waals surface area (Å²) in [5.74, 6) is -0.368. The first-order valence-corrected chi connectivity index (χ1v) is 17.3. The second-order valence-electron chi connectivity index (χ2n) is 14.1. The SMILES string of the molecule is [2H]C([2H])([2H])c1ccc(-c2[c-]cc(F)cc2)nc1.[2H]c1cc(C([2H])([2H])C(C)(C)C)cc(C([2H])([2H])[2H])c1-c1cc(-c2[c-]ccc3c2oc2cc4c(ccc5ccccc54)cc23)ncc1C([2H])([2H])[2H].[Ir]. The maximum atomic E-state index is 12.7. The molecule has 3 heterocycles. The number of fused-ring (bicyclic) bond motifs is 6. The van der Waals surface area contributed by atoms with Gasteiger partial charge in [0.25, 0.3) is 0 Å². The zero-order valence-corrected chi connectivity index (χ0v) is 32.5. The molecule has 0 aliphatic rings. The monoisotopic (exact) mass is 909 g/mol. The Labute approximate surface area is 352 Å². The standard InChI is InChI=1S/C38H32NO.C12H9FN.Ir/c1-23-17-25(21-38(3,4)5)13-16-28(23)32-19-35(39-22-24(32)2)31-12-8-11-30-34-18-27-15-14-26-9-6-7-10-29(26)33(27)20-36(34)40-37(30)31;1-9-2-7-12(14-8-9)10-3-5-11(13)6-4-10;/h6-11,13-20,22H,21H2,1-5H3;2-3,5-8H,1H3;/q2*-1;/i1D3,2D3,16D,21D2;1D3;. The van der Waals surface area contributed by atoms with Crippen molar-refractivity contribution >= 4 is 43.5 Å². The van der Waals surface area contributed by atoms with E-state index in [0.717, 1.165) is 32.3 Å². The van der Waals surface area contributed by atoms with Crippen LogP contribution >= 0.6 is 0 Å². The van der Waals surface area contributed by atoms with Crippen molar-refractivity contribution in [3.8, 4) is 33.6 Å². The van der Waals surface area contributed by atoms with Gasteiger partial charge in [0.2, 0.25) is 0 Å². The van der Waals surface area contributed by atoms with E-state index in [4.69, 9.17) is 20.9 Å². The number of pyridine rings is 2. The van der Waals surface area contributed by atoms with Crippen molar-refractivity contribution in [2.24, 2.45) is 5.41 Å². The quantitative estimate of drug-likeness (QED) is 0.130. The van der Waals surface area contributed by atoms with Crippen molar-refractivity contribution in [1.29, 1.82) is 0 Å². The minimum absolute atomic E-state index is 0. The number of benzene rings is 6. The van der Waals surface area contributed by atoms with Crippen molar-refractivity contribution in [1.82, 2.24) is 9.97 Å². The van der Waals surface area contributed by atoms with Crippen LogP contribution in [-0.2, 0) is 26.5 Å². The number of furan rings is 1. The molecule has 0 atom stereocenters. The zero-order valence-electron chi connectivity index (χ0n) is 42.1. The van der Waals surface area contributed by atoms with Gasteiger partial charge in [0.05, 0.1) is 6.95 Å². The minimum atomic E-state index is -2.79. The fourth-order valence-electron chi connectivity index (χ4n) is 6.57. The topological polar surface area (TPSA) is 38.9 Å². The molecule has 0 amide bonds. The fraction of sp³-hybridized carbons (Fsp3) is 0.160. The molecule has 0 unspecified atom stereocenters. The molecule has 1 radical (unpaired) electrons. The van der Waals surface area contributed by atoms with Gasteiger partial charge in [-0.2, -0.15) is 0 Å². The van der Waals surface area contributed by atoms with E-state index in [1.54, 1.807) is 39.0 Å². The second kappa shape index (κ2) is 15.3. The van der Waals surface area contributed by atoms with Crippen molar-refractivity contribution in [2.45, 2.75) is 47.7 Å². The van der Waals surface area contributed by atoms with E-state index in [0.29, 0.717) is 28.0 Å². The van der Waals surface area contributed by atoms with Gasteiger partial charge in [-0.3, -0.25) is 4.39 Å². The largest absolute Gasteiger partial charge is 0.501 e. The van der Waals surface area contributed by atoms with E-state index < -0.39 is 32.3 Å². The Morgan fingerprint density at radius 1 is 0.745 bits per heavy atom. The summed E-state index contributed by atoms with van der Waals surface area (Å²) in [4.78, 5) is 8.55. The van der Waals surface area contributed by atoms with Crippen LogP contribution in [0, 0.1) is 43.9 Å². The molecule has 0 saturated carbocycles. The third kappa shape index (κ3) is 7.87. The Balaban J connectivity index is 0.000000312. The van der Waals surface area contributed by atoms with E-state index in [1.165, 1.54) is 48.8 Å². The van der Waals surface area contributed by atoms with Crippen LogP contribution < -0.4 is 0 Å². The number of hydrogen-bond donors (Lipinski definition) is 0. The molecule has 55 heavy (non-hydrogen) atoms. The maximum absolute atomic E-state index is 12.7.